The zero-order valence-electron chi connectivity index (χ0n) is 25.5. The predicted molar refractivity (Wildman–Crippen MR) is 187 cm³/mol. The fourth-order valence-corrected chi connectivity index (χ4v) is 5.40. The molecule has 238 valence electrons. The van der Waals surface area contributed by atoms with Crippen LogP contribution in [-0.4, -0.2) is 22.3 Å². The van der Waals surface area contributed by atoms with E-state index < -0.39 is 12.3 Å². The fraction of sp³-hybridized carbons (Fsp3) is 0.118. The van der Waals surface area contributed by atoms with Crippen molar-refractivity contribution in [3.05, 3.63) is 133 Å². The molecular formula is C34H30N10NiS2. The molecule has 2 atom stereocenters. The first-order valence-electron chi connectivity index (χ1n) is 14.4. The molecule has 0 aliphatic heterocycles. The van der Waals surface area contributed by atoms with E-state index in [1.165, 1.54) is 22.7 Å². The molecule has 2 heterocycles. The summed E-state index contributed by atoms with van der Waals surface area (Å²) in [6.45, 7) is 3.83. The molecule has 6 aromatic rings. The third kappa shape index (κ3) is 11.1. The van der Waals surface area contributed by atoms with Crippen molar-refractivity contribution in [2.24, 2.45) is 40.9 Å². The van der Waals surface area contributed by atoms with E-state index >= 15 is 0 Å². The van der Waals surface area contributed by atoms with E-state index in [9.17, 15) is 0 Å². The topological polar surface area (TPSA) is 125 Å². The molecule has 0 bridgehead atoms. The molecular weight excluding hydrogens is 671 g/mol. The van der Waals surface area contributed by atoms with Crippen LogP contribution < -0.4 is 0 Å². The van der Waals surface area contributed by atoms with E-state index in [0.29, 0.717) is 10.3 Å². The van der Waals surface area contributed by atoms with Gasteiger partial charge in [-0.2, -0.15) is 30.7 Å². The number of hydrogen-bond acceptors (Lipinski definition) is 12. The molecule has 0 fully saturated rings. The van der Waals surface area contributed by atoms with Crippen LogP contribution in [0.5, 0.6) is 0 Å². The van der Waals surface area contributed by atoms with Crippen molar-refractivity contribution in [1.29, 1.82) is 0 Å². The maximum absolute atomic E-state index is 4.42. The Bertz CT molecular complexity index is 1790. The van der Waals surface area contributed by atoms with Crippen molar-refractivity contribution in [3.8, 4) is 0 Å². The second kappa shape index (κ2) is 18.9. The monoisotopic (exact) mass is 700 g/mol. The van der Waals surface area contributed by atoms with Gasteiger partial charge in [0.05, 0.1) is 31.8 Å². The van der Waals surface area contributed by atoms with Crippen molar-refractivity contribution < 1.29 is 16.5 Å². The summed E-state index contributed by atoms with van der Waals surface area (Å²) in [4.78, 5) is 8.85. The number of rotatable bonds is 10. The summed E-state index contributed by atoms with van der Waals surface area (Å²) in [5.41, 5.74) is 3.44. The first-order chi connectivity index (χ1) is 22.7. The number of para-hydroxylation sites is 2. The molecule has 13 heteroatoms. The Kier molecular flexibility index (Phi) is 14.0. The molecule has 6 rings (SSSR count). The molecule has 0 spiro atoms. The fourth-order valence-electron chi connectivity index (χ4n) is 3.81. The van der Waals surface area contributed by atoms with Gasteiger partial charge in [-0.05, 0) is 74.5 Å². The second-order valence-electron chi connectivity index (χ2n) is 9.34. The number of hydrogen-bond donors (Lipinski definition) is 0. The van der Waals surface area contributed by atoms with Crippen molar-refractivity contribution >= 4 is 64.7 Å². The third-order valence-electron chi connectivity index (χ3n) is 5.91. The second-order valence-corrected chi connectivity index (χ2v) is 11.4. The number of azo groups is 4. The van der Waals surface area contributed by atoms with Gasteiger partial charge in [-0.3, -0.25) is 0 Å². The van der Waals surface area contributed by atoms with E-state index in [4.69, 9.17) is 0 Å². The largest absolute Gasteiger partial charge is 0.230 e. The summed E-state index contributed by atoms with van der Waals surface area (Å²) in [7, 11) is 0. The van der Waals surface area contributed by atoms with E-state index in [0.717, 1.165) is 31.8 Å². The molecule has 0 amide bonds. The Balaban J connectivity index is 0.000000208. The number of allylic oxidation sites excluding steroid dienone is 2. The van der Waals surface area contributed by atoms with Gasteiger partial charge in [0.25, 0.3) is 0 Å². The van der Waals surface area contributed by atoms with Crippen molar-refractivity contribution in [1.82, 2.24) is 9.97 Å². The maximum Gasteiger partial charge on any atom is 0.230 e. The third-order valence-corrected chi connectivity index (χ3v) is 7.75. The van der Waals surface area contributed by atoms with Gasteiger partial charge in [0.2, 0.25) is 10.3 Å². The molecule has 2 unspecified atom stereocenters. The number of aromatic nitrogens is 2. The normalized spacial score (nSPS) is 13.3. The summed E-state index contributed by atoms with van der Waals surface area (Å²) in [6, 6.07) is 35.0. The molecule has 0 saturated heterocycles. The standard InChI is InChI=1S/2C17H15N5S.Ni/c2*1-2-8-16(20-19-13-9-4-3-5-10-13)21-22-17-18-14-11-6-7-12-15(14)23-17;/h2*2-12,16H,1H3;. The Morgan fingerprint density at radius 2 is 0.851 bits per heavy atom. The summed E-state index contributed by atoms with van der Waals surface area (Å²) in [6.07, 6.45) is 6.53. The van der Waals surface area contributed by atoms with Crippen molar-refractivity contribution in [3.63, 3.8) is 0 Å². The zero-order valence-corrected chi connectivity index (χ0v) is 28.1. The summed E-state index contributed by atoms with van der Waals surface area (Å²) in [5.74, 6) is 0. The van der Waals surface area contributed by atoms with Crippen LogP contribution in [0.15, 0.2) is 174 Å². The van der Waals surface area contributed by atoms with Gasteiger partial charge in [-0.25, -0.2) is 9.97 Å². The SMILES string of the molecule is CC=CC(N=Nc1ccccc1)N=Nc1nc2ccccc2s1.CC=CC(N=Nc1ccccc1)N=Nc1nc2ccccc2s1.[Ni]. The average Bonchev–Trinajstić information content (AvgIpc) is 3.72. The van der Waals surface area contributed by atoms with Gasteiger partial charge in [-0.1, -0.05) is 95.5 Å². The number of thiazole rings is 2. The summed E-state index contributed by atoms with van der Waals surface area (Å²) < 4.78 is 2.19. The Hall–Kier alpha value is -4.97. The van der Waals surface area contributed by atoms with Crippen LogP contribution in [0.25, 0.3) is 20.4 Å². The quantitative estimate of drug-likeness (QED) is 0.0801. The molecule has 0 aliphatic carbocycles. The first kappa shape index (κ1) is 34.9. The first-order valence-corrected chi connectivity index (χ1v) is 16.0. The molecule has 10 nitrogen and oxygen atoms in total. The van der Waals surface area contributed by atoms with Crippen molar-refractivity contribution in [2.45, 2.75) is 26.2 Å². The van der Waals surface area contributed by atoms with Crippen LogP contribution in [0.2, 0.25) is 0 Å². The summed E-state index contributed by atoms with van der Waals surface area (Å²) >= 11 is 3.01. The minimum Gasteiger partial charge on any atom is -0.217 e. The molecule has 4 aromatic carbocycles. The smallest absolute Gasteiger partial charge is 0.217 e. The van der Waals surface area contributed by atoms with Gasteiger partial charge in [0.1, 0.15) is 0 Å². The van der Waals surface area contributed by atoms with Crippen LogP contribution in [0.4, 0.5) is 21.6 Å². The predicted octanol–water partition coefficient (Wildman–Crippen LogP) is 12.1. The van der Waals surface area contributed by atoms with Gasteiger partial charge in [0.15, 0.2) is 12.3 Å². The van der Waals surface area contributed by atoms with E-state index in [2.05, 4.69) is 50.9 Å². The van der Waals surface area contributed by atoms with Crippen LogP contribution in [0.1, 0.15) is 13.8 Å². The number of benzene rings is 4. The van der Waals surface area contributed by atoms with Gasteiger partial charge in [-0.15, -0.1) is 10.2 Å². The molecule has 0 radical (unpaired) electrons. The molecule has 0 saturated carbocycles. The Morgan fingerprint density at radius 1 is 0.489 bits per heavy atom. The number of nitrogens with zero attached hydrogens (tertiary/aromatic N) is 10. The van der Waals surface area contributed by atoms with E-state index in [1.54, 1.807) is 0 Å². The Morgan fingerprint density at radius 3 is 1.23 bits per heavy atom. The minimum atomic E-state index is -0.452. The summed E-state index contributed by atoms with van der Waals surface area (Å²) in [5, 5.41) is 34.9. The molecule has 47 heavy (non-hydrogen) atoms. The zero-order chi connectivity index (χ0) is 31.8. The molecule has 0 N–H and O–H groups in total. The van der Waals surface area contributed by atoms with Crippen LogP contribution in [0.3, 0.4) is 0 Å². The average molecular weight is 702 g/mol. The molecule has 0 aliphatic rings. The molecule has 2 aromatic heterocycles. The van der Waals surface area contributed by atoms with Crippen molar-refractivity contribution in [2.75, 3.05) is 0 Å². The van der Waals surface area contributed by atoms with Gasteiger partial charge >= 0.3 is 0 Å². The van der Waals surface area contributed by atoms with Crippen LogP contribution in [-0.2, 0) is 16.5 Å². The van der Waals surface area contributed by atoms with Gasteiger partial charge < -0.3 is 0 Å². The Labute approximate surface area is 290 Å². The van der Waals surface area contributed by atoms with Crippen LogP contribution in [0, 0.1) is 0 Å². The van der Waals surface area contributed by atoms with E-state index in [-0.39, 0.29) is 16.5 Å². The van der Waals surface area contributed by atoms with Gasteiger partial charge in [0, 0.05) is 16.5 Å². The van der Waals surface area contributed by atoms with Crippen LogP contribution >= 0.6 is 22.7 Å². The maximum atomic E-state index is 4.42. The number of fused-ring (bicyclic) bond motifs is 2. The minimum absolute atomic E-state index is 0. The van der Waals surface area contributed by atoms with E-state index in [1.807, 2.05) is 147 Å².